The van der Waals surface area contributed by atoms with Crippen LogP contribution in [0.5, 0.6) is 5.75 Å². The number of rotatable bonds is 5. The first-order valence-electron chi connectivity index (χ1n) is 8.13. The SMILES string of the molecule is CCC1CCC(CNC(C)c2ccc(C)cc2O)CC1. The van der Waals surface area contributed by atoms with Crippen molar-refractivity contribution in [2.45, 2.75) is 58.9 Å². The monoisotopic (exact) mass is 275 g/mol. The van der Waals surface area contributed by atoms with Gasteiger partial charge in [0.25, 0.3) is 0 Å². The lowest BCUT2D eigenvalue weighted by molar-refractivity contribution is 0.257. The molecule has 1 saturated carbocycles. The van der Waals surface area contributed by atoms with Crippen molar-refractivity contribution in [1.82, 2.24) is 5.32 Å². The van der Waals surface area contributed by atoms with Gasteiger partial charge in [0.2, 0.25) is 0 Å². The van der Waals surface area contributed by atoms with Crippen molar-refractivity contribution in [3.05, 3.63) is 29.3 Å². The van der Waals surface area contributed by atoms with Crippen LogP contribution in [0.1, 0.15) is 63.1 Å². The average molecular weight is 275 g/mol. The molecule has 0 aliphatic heterocycles. The van der Waals surface area contributed by atoms with Gasteiger partial charge in [0.1, 0.15) is 5.75 Å². The molecular formula is C18H29NO. The first-order valence-corrected chi connectivity index (χ1v) is 8.13. The summed E-state index contributed by atoms with van der Waals surface area (Å²) in [4.78, 5) is 0. The zero-order valence-corrected chi connectivity index (χ0v) is 13.2. The van der Waals surface area contributed by atoms with E-state index in [1.165, 1.54) is 32.1 Å². The molecule has 20 heavy (non-hydrogen) atoms. The molecular weight excluding hydrogens is 246 g/mol. The van der Waals surface area contributed by atoms with Gasteiger partial charge in [0.15, 0.2) is 0 Å². The van der Waals surface area contributed by atoms with E-state index >= 15 is 0 Å². The number of aryl methyl sites for hydroxylation is 1. The zero-order chi connectivity index (χ0) is 14.5. The molecule has 0 amide bonds. The number of nitrogens with one attached hydrogen (secondary N) is 1. The first-order chi connectivity index (χ1) is 9.60. The second-order valence-corrected chi connectivity index (χ2v) is 6.49. The molecule has 2 heteroatoms. The number of hydrogen-bond acceptors (Lipinski definition) is 2. The minimum Gasteiger partial charge on any atom is -0.508 e. The van der Waals surface area contributed by atoms with Crippen LogP contribution >= 0.6 is 0 Å². The summed E-state index contributed by atoms with van der Waals surface area (Å²) in [7, 11) is 0. The van der Waals surface area contributed by atoms with Crippen LogP contribution in [-0.4, -0.2) is 11.7 Å². The van der Waals surface area contributed by atoms with E-state index in [4.69, 9.17) is 0 Å². The van der Waals surface area contributed by atoms with Gasteiger partial charge in [-0.05, 0) is 56.7 Å². The highest BCUT2D eigenvalue weighted by atomic mass is 16.3. The van der Waals surface area contributed by atoms with Gasteiger partial charge in [-0.15, -0.1) is 0 Å². The van der Waals surface area contributed by atoms with E-state index in [0.717, 1.165) is 29.5 Å². The fourth-order valence-electron chi connectivity index (χ4n) is 3.32. The van der Waals surface area contributed by atoms with Crippen molar-refractivity contribution in [3.63, 3.8) is 0 Å². The third-order valence-electron chi connectivity index (χ3n) is 4.91. The van der Waals surface area contributed by atoms with Crippen LogP contribution in [0.25, 0.3) is 0 Å². The predicted molar refractivity (Wildman–Crippen MR) is 85.0 cm³/mol. The maximum Gasteiger partial charge on any atom is 0.120 e. The molecule has 0 spiro atoms. The largest absolute Gasteiger partial charge is 0.508 e. The lowest BCUT2D eigenvalue weighted by Crippen LogP contribution is -2.28. The quantitative estimate of drug-likeness (QED) is 0.825. The van der Waals surface area contributed by atoms with Gasteiger partial charge >= 0.3 is 0 Å². The molecule has 1 unspecified atom stereocenters. The summed E-state index contributed by atoms with van der Waals surface area (Å²) in [6.45, 7) is 7.53. The molecule has 1 aromatic carbocycles. The van der Waals surface area contributed by atoms with Gasteiger partial charge in [-0.3, -0.25) is 0 Å². The lowest BCUT2D eigenvalue weighted by atomic mass is 9.81. The van der Waals surface area contributed by atoms with Crippen molar-refractivity contribution in [1.29, 1.82) is 0 Å². The second kappa shape index (κ2) is 7.12. The Morgan fingerprint density at radius 1 is 1.20 bits per heavy atom. The Bertz CT molecular complexity index is 421. The van der Waals surface area contributed by atoms with Crippen molar-refractivity contribution in [3.8, 4) is 5.75 Å². The summed E-state index contributed by atoms with van der Waals surface area (Å²) in [5.74, 6) is 2.19. The summed E-state index contributed by atoms with van der Waals surface area (Å²) in [6.07, 6.45) is 6.85. The van der Waals surface area contributed by atoms with Gasteiger partial charge in [-0.2, -0.15) is 0 Å². The molecule has 1 aromatic rings. The number of aromatic hydroxyl groups is 1. The van der Waals surface area contributed by atoms with Gasteiger partial charge in [-0.25, -0.2) is 0 Å². The number of benzene rings is 1. The van der Waals surface area contributed by atoms with Crippen LogP contribution in [0.15, 0.2) is 18.2 Å². The van der Waals surface area contributed by atoms with Crippen LogP contribution in [0.4, 0.5) is 0 Å². The number of hydrogen-bond donors (Lipinski definition) is 2. The van der Waals surface area contributed by atoms with Gasteiger partial charge in [-0.1, -0.05) is 38.3 Å². The molecule has 0 bridgehead atoms. The predicted octanol–water partition coefficient (Wildman–Crippen LogP) is 4.57. The van der Waals surface area contributed by atoms with Gasteiger partial charge in [0.05, 0.1) is 0 Å². The summed E-state index contributed by atoms with van der Waals surface area (Å²) >= 11 is 0. The van der Waals surface area contributed by atoms with Crippen molar-refractivity contribution in [2.24, 2.45) is 11.8 Å². The Hall–Kier alpha value is -1.02. The summed E-state index contributed by atoms with van der Waals surface area (Å²) < 4.78 is 0. The summed E-state index contributed by atoms with van der Waals surface area (Å²) in [5, 5.41) is 13.6. The van der Waals surface area contributed by atoms with E-state index in [0.29, 0.717) is 5.75 Å². The van der Waals surface area contributed by atoms with Crippen LogP contribution in [-0.2, 0) is 0 Å². The van der Waals surface area contributed by atoms with E-state index < -0.39 is 0 Å². The van der Waals surface area contributed by atoms with Crippen molar-refractivity contribution >= 4 is 0 Å². The van der Waals surface area contributed by atoms with Crippen molar-refractivity contribution in [2.75, 3.05) is 6.54 Å². The van der Waals surface area contributed by atoms with Gasteiger partial charge < -0.3 is 10.4 Å². The molecule has 2 nitrogen and oxygen atoms in total. The van der Waals surface area contributed by atoms with Gasteiger partial charge in [0, 0.05) is 11.6 Å². The maximum absolute atomic E-state index is 10.0. The second-order valence-electron chi connectivity index (χ2n) is 6.49. The highest BCUT2D eigenvalue weighted by Gasteiger charge is 2.20. The highest BCUT2D eigenvalue weighted by molar-refractivity contribution is 5.37. The molecule has 2 N–H and O–H groups in total. The third-order valence-corrected chi connectivity index (χ3v) is 4.91. The molecule has 1 fully saturated rings. The smallest absolute Gasteiger partial charge is 0.120 e. The lowest BCUT2D eigenvalue weighted by Gasteiger charge is -2.29. The fourth-order valence-corrected chi connectivity index (χ4v) is 3.32. The topological polar surface area (TPSA) is 32.3 Å². The molecule has 112 valence electrons. The van der Waals surface area contributed by atoms with E-state index in [-0.39, 0.29) is 6.04 Å². The Morgan fingerprint density at radius 3 is 2.45 bits per heavy atom. The Morgan fingerprint density at radius 2 is 1.85 bits per heavy atom. The van der Waals surface area contributed by atoms with E-state index in [1.807, 2.05) is 19.1 Å². The Kier molecular flexibility index (Phi) is 5.47. The first kappa shape index (κ1) is 15.4. The molecule has 1 atom stereocenters. The normalized spacial score (nSPS) is 24.6. The minimum atomic E-state index is 0.222. The Labute approximate surface area is 123 Å². The molecule has 1 aliphatic rings. The zero-order valence-electron chi connectivity index (χ0n) is 13.2. The Balaban J connectivity index is 1.82. The van der Waals surface area contributed by atoms with Crippen LogP contribution in [0.3, 0.4) is 0 Å². The molecule has 0 aromatic heterocycles. The number of phenols is 1. The molecule has 0 saturated heterocycles. The molecule has 0 radical (unpaired) electrons. The molecule has 0 heterocycles. The van der Waals surface area contributed by atoms with E-state index in [2.05, 4.69) is 25.2 Å². The maximum atomic E-state index is 10.0. The summed E-state index contributed by atoms with van der Waals surface area (Å²) in [6, 6.07) is 6.18. The van der Waals surface area contributed by atoms with Crippen molar-refractivity contribution < 1.29 is 5.11 Å². The number of phenolic OH excluding ortho intramolecular Hbond substituents is 1. The van der Waals surface area contributed by atoms with Crippen LogP contribution < -0.4 is 5.32 Å². The standard InChI is InChI=1S/C18H29NO/c1-4-15-6-8-16(9-7-15)12-19-14(3)17-10-5-13(2)11-18(17)20/h5,10-11,14-16,19-20H,4,6-9,12H2,1-3H3. The van der Waals surface area contributed by atoms with E-state index in [9.17, 15) is 5.11 Å². The third kappa shape index (κ3) is 3.99. The minimum absolute atomic E-state index is 0.222. The highest BCUT2D eigenvalue weighted by Crippen LogP contribution is 2.31. The fraction of sp³-hybridized carbons (Fsp3) is 0.667. The van der Waals surface area contributed by atoms with E-state index in [1.54, 1.807) is 0 Å². The summed E-state index contributed by atoms with van der Waals surface area (Å²) in [5.41, 5.74) is 2.12. The van der Waals surface area contributed by atoms with Crippen LogP contribution in [0.2, 0.25) is 0 Å². The molecule has 2 rings (SSSR count). The average Bonchev–Trinajstić information content (AvgIpc) is 2.45. The molecule has 1 aliphatic carbocycles. The van der Waals surface area contributed by atoms with Crippen LogP contribution in [0, 0.1) is 18.8 Å².